The highest BCUT2D eigenvalue weighted by atomic mass is 19.1. The van der Waals surface area contributed by atoms with Crippen LogP contribution in [-0.2, 0) is 0 Å². The number of nitrogens with zero attached hydrogens (tertiary/aromatic N) is 1. The number of benzene rings is 1. The molecule has 0 aliphatic heterocycles. The highest BCUT2D eigenvalue weighted by Gasteiger charge is 2.15. The average molecular weight is 258 g/mol. The molecule has 0 saturated heterocycles. The van der Waals surface area contributed by atoms with Crippen LogP contribution in [0.25, 0.3) is 0 Å². The van der Waals surface area contributed by atoms with Crippen LogP contribution in [0.1, 0.15) is 35.5 Å². The Bertz CT molecular complexity index is 549. The van der Waals surface area contributed by atoms with Crippen molar-refractivity contribution < 1.29 is 4.39 Å². The third-order valence-corrected chi connectivity index (χ3v) is 3.19. The van der Waals surface area contributed by atoms with Crippen molar-refractivity contribution >= 4 is 0 Å². The summed E-state index contributed by atoms with van der Waals surface area (Å²) in [4.78, 5) is 4.51. The summed E-state index contributed by atoms with van der Waals surface area (Å²) >= 11 is 0. The SMILES string of the molecule is CCNC(c1ccc(F)cc1)c1ccc(C)nc1C. The molecule has 0 fully saturated rings. The van der Waals surface area contributed by atoms with Gasteiger partial charge in [0.05, 0.1) is 6.04 Å². The molecule has 2 rings (SSSR count). The monoisotopic (exact) mass is 258 g/mol. The Morgan fingerprint density at radius 3 is 2.37 bits per heavy atom. The van der Waals surface area contributed by atoms with Gasteiger partial charge in [0.25, 0.3) is 0 Å². The average Bonchev–Trinajstić information content (AvgIpc) is 2.38. The lowest BCUT2D eigenvalue weighted by atomic mass is 9.97. The van der Waals surface area contributed by atoms with Crippen molar-refractivity contribution in [2.24, 2.45) is 0 Å². The number of pyridine rings is 1. The first kappa shape index (κ1) is 13.7. The largest absolute Gasteiger partial charge is 0.306 e. The second kappa shape index (κ2) is 5.93. The molecule has 1 aromatic carbocycles. The molecule has 0 spiro atoms. The molecule has 2 aromatic rings. The third kappa shape index (κ3) is 3.18. The zero-order chi connectivity index (χ0) is 13.8. The Morgan fingerprint density at radius 1 is 1.11 bits per heavy atom. The summed E-state index contributed by atoms with van der Waals surface area (Å²) in [6, 6.07) is 10.8. The minimum Gasteiger partial charge on any atom is -0.306 e. The van der Waals surface area contributed by atoms with Gasteiger partial charge in [0, 0.05) is 11.4 Å². The molecule has 1 heterocycles. The van der Waals surface area contributed by atoms with Crippen LogP contribution in [0.15, 0.2) is 36.4 Å². The molecule has 0 aliphatic carbocycles. The number of rotatable bonds is 4. The molecule has 3 heteroatoms. The Labute approximate surface area is 113 Å². The molecule has 19 heavy (non-hydrogen) atoms. The molecule has 1 unspecified atom stereocenters. The van der Waals surface area contributed by atoms with Crippen LogP contribution in [0.3, 0.4) is 0 Å². The van der Waals surface area contributed by atoms with Crippen LogP contribution in [-0.4, -0.2) is 11.5 Å². The fraction of sp³-hybridized carbons (Fsp3) is 0.312. The zero-order valence-corrected chi connectivity index (χ0v) is 11.6. The van der Waals surface area contributed by atoms with E-state index in [1.807, 2.05) is 32.0 Å². The van der Waals surface area contributed by atoms with Gasteiger partial charge >= 0.3 is 0 Å². The first-order chi connectivity index (χ1) is 9.11. The maximum atomic E-state index is 13.0. The summed E-state index contributed by atoms with van der Waals surface area (Å²) in [5.41, 5.74) is 4.21. The maximum absolute atomic E-state index is 13.0. The van der Waals surface area contributed by atoms with Gasteiger partial charge in [0.1, 0.15) is 5.82 Å². The van der Waals surface area contributed by atoms with Gasteiger partial charge in [-0.3, -0.25) is 4.98 Å². The number of hydrogen-bond donors (Lipinski definition) is 1. The van der Waals surface area contributed by atoms with Crippen LogP contribution in [0, 0.1) is 19.7 Å². The molecule has 1 aromatic heterocycles. The molecule has 0 amide bonds. The lowest BCUT2D eigenvalue weighted by Gasteiger charge is -2.20. The molecule has 2 nitrogen and oxygen atoms in total. The van der Waals surface area contributed by atoms with E-state index in [-0.39, 0.29) is 11.9 Å². The number of nitrogens with one attached hydrogen (secondary N) is 1. The standard InChI is InChI=1S/C16H19FN2/c1-4-18-16(13-6-8-14(17)9-7-13)15-10-5-11(2)19-12(15)3/h5-10,16,18H,4H2,1-3H3. The van der Waals surface area contributed by atoms with Gasteiger partial charge in [-0.2, -0.15) is 0 Å². The van der Waals surface area contributed by atoms with Crippen LogP contribution in [0.4, 0.5) is 4.39 Å². The van der Waals surface area contributed by atoms with Gasteiger partial charge in [0.2, 0.25) is 0 Å². The van der Waals surface area contributed by atoms with Crippen molar-refractivity contribution in [2.75, 3.05) is 6.54 Å². The van der Waals surface area contributed by atoms with E-state index in [2.05, 4.69) is 23.3 Å². The fourth-order valence-corrected chi connectivity index (χ4v) is 2.27. The molecule has 0 bridgehead atoms. The lowest BCUT2D eigenvalue weighted by Crippen LogP contribution is -2.23. The molecule has 0 aliphatic rings. The summed E-state index contributed by atoms with van der Waals surface area (Å²) in [6.07, 6.45) is 0. The molecule has 0 saturated carbocycles. The van der Waals surface area contributed by atoms with E-state index in [1.165, 1.54) is 12.1 Å². The minimum absolute atomic E-state index is 0.0544. The third-order valence-electron chi connectivity index (χ3n) is 3.19. The summed E-state index contributed by atoms with van der Waals surface area (Å²) in [5.74, 6) is -0.210. The Kier molecular flexibility index (Phi) is 4.27. The van der Waals surface area contributed by atoms with Crippen molar-refractivity contribution in [3.8, 4) is 0 Å². The number of aryl methyl sites for hydroxylation is 2. The van der Waals surface area contributed by atoms with Gasteiger partial charge < -0.3 is 5.32 Å². The normalized spacial score (nSPS) is 12.4. The minimum atomic E-state index is -0.210. The Morgan fingerprint density at radius 2 is 1.79 bits per heavy atom. The van der Waals surface area contributed by atoms with Crippen LogP contribution < -0.4 is 5.32 Å². The van der Waals surface area contributed by atoms with Crippen molar-refractivity contribution in [1.29, 1.82) is 0 Å². The summed E-state index contributed by atoms with van der Waals surface area (Å²) in [6.45, 7) is 6.90. The second-order valence-electron chi connectivity index (χ2n) is 4.67. The van der Waals surface area contributed by atoms with E-state index in [0.29, 0.717) is 0 Å². The van der Waals surface area contributed by atoms with Crippen molar-refractivity contribution in [3.05, 3.63) is 64.7 Å². The highest BCUT2D eigenvalue weighted by Crippen LogP contribution is 2.24. The number of halogens is 1. The lowest BCUT2D eigenvalue weighted by molar-refractivity contribution is 0.610. The first-order valence-corrected chi connectivity index (χ1v) is 6.54. The predicted molar refractivity (Wildman–Crippen MR) is 75.6 cm³/mol. The molecule has 1 N–H and O–H groups in total. The van der Waals surface area contributed by atoms with E-state index in [9.17, 15) is 4.39 Å². The maximum Gasteiger partial charge on any atom is 0.123 e. The van der Waals surface area contributed by atoms with Gasteiger partial charge in [-0.15, -0.1) is 0 Å². The van der Waals surface area contributed by atoms with Crippen LogP contribution in [0.2, 0.25) is 0 Å². The Balaban J connectivity index is 2.41. The van der Waals surface area contributed by atoms with Gasteiger partial charge in [0.15, 0.2) is 0 Å². The summed E-state index contributed by atoms with van der Waals surface area (Å²) in [5, 5.41) is 3.43. The Hall–Kier alpha value is -1.74. The topological polar surface area (TPSA) is 24.9 Å². The van der Waals surface area contributed by atoms with Gasteiger partial charge in [-0.25, -0.2) is 4.39 Å². The number of hydrogen-bond acceptors (Lipinski definition) is 2. The smallest absolute Gasteiger partial charge is 0.123 e. The van der Waals surface area contributed by atoms with E-state index in [1.54, 1.807) is 0 Å². The quantitative estimate of drug-likeness (QED) is 0.907. The van der Waals surface area contributed by atoms with Gasteiger partial charge in [-0.1, -0.05) is 25.1 Å². The second-order valence-corrected chi connectivity index (χ2v) is 4.67. The number of aromatic nitrogens is 1. The predicted octanol–water partition coefficient (Wildman–Crippen LogP) is 3.54. The first-order valence-electron chi connectivity index (χ1n) is 6.54. The summed E-state index contributed by atoms with van der Waals surface area (Å²) in [7, 11) is 0. The van der Waals surface area contributed by atoms with Gasteiger partial charge in [-0.05, 0) is 49.7 Å². The molecule has 1 atom stereocenters. The van der Waals surface area contributed by atoms with E-state index >= 15 is 0 Å². The molecule has 100 valence electrons. The molecular weight excluding hydrogens is 239 g/mol. The highest BCUT2D eigenvalue weighted by molar-refractivity contribution is 5.34. The fourth-order valence-electron chi connectivity index (χ4n) is 2.27. The van der Waals surface area contributed by atoms with E-state index < -0.39 is 0 Å². The van der Waals surface area contributed by atoms with E-state index in [4.69, 9.17) is 0 Å². The van der Waals surface area contributed by atoms with E-state index in [0.717, 1.165) is 29.1 Å². The molecule has 0 radical (unpaired) electrons. The van der Waals surface area contributed by atoms with Crippen molar-refractivity contribution in [3.63, 3.8) is 0 Å². The molecular formula is C16H19FN2. The van der Waals surface area contributed by atoms with Crippen LogP contribution in [0.5, 0.6) is 0 Å². The van der Waals surface area contributed by atoms with Crippen molar-refractivity contribution in [2.45, 2.75) is 26.8 Å². The van der Waals surface area contributed by atoms with Crippen LogP contribution >= 0.6 is 0 Å². The van der Waals surface area contributed by atoms with Crippen molar-refractivity contribution in [1.82, 2.24) is 10.3 Å². The zero-order valence-electron chi connectivity index (χ0n) is 11.6. The summed E-state index contributed by atoms with van der Waals surface area (Å²) < 4.78 is 13.0.